The second kappa shape index (κ2) is 6.66. The quantitative estimate of drug-likeness (QED) is 0.609. The summed E-state index contributed by atoms with van der Waals surface area (Å²) in [7, 11) is -1.66. The lowest BCUT2D eigenvalue weighted by molar-refractivity contribution is 0.252. The number of hydrogen-bond donors (Lipinski definition) is 4. The zero-order chi connectivity index (χ0) is 15.4. The lowest BCUT2D eigenvalue weighted by Crippen LogP contribution is -2.33. The van der Waals surface area contributed by atoms with Crippen molar-refractivity contribution in [2.45, 2.75) is 13.8 Å². The summed E-state index contributed by atoms with van der Waals surface area (Å²) in [6, 6.07) is 1.20. The highest BCUT2D eigenvalue weighted by molar-refractivity contribution is 7.13. The number of nitrogens with one attached hydrogen (secondary N) is 2. The van der Waals surface area contributed by atoms with Gasteiger partial charge in [0.05, 0.1) is 0 Å². The third kappa shape index (κ3) is 3.78. The van der Waals surface area contributed by atoms with E-state index >= 15 is 0 Å². The molecule has 0 unspecified atom stereocenters. The Morgan fingerprint density at radius 1 is 1.48 bits per heavy atom. The van der Waals surface area contributed by atoms with Crippen molar-refractivity contribution in [3.63, 3.8) is 0 Å². The lowest BCUT2D eigenvalue weighted by Gasteiger charge is -2.10. The number of carbonyl (C=O) groups excluding carboxylic acids is 1. The van der Waals surface area contributed by atoms with E-state index in [4.69, 9.17) is 0 Å². The molecule has 2 heterocycles. The molecule has 0 aliphatic carbocycles. The van der Waals surface area contributed by atoms with Crippen molar-refractivity contribution in [2.24, 2.45) is 0 Å². The highest BCUT2D eigenvalue weighted by Crippen LogP contribution is 2.23. The number of nitrogens with zero attached hydrogens (tertiary/aromatic N) is 2. The summed E-state index contributed by atoms with van der Waals surface area (Å²) < 4.78 is 0. The summed E-state index contributed by atoms with van der Waals surface area (Å²) in [4.78, 5) is 19.8. The maximum absolute atomic E-state index is 11.5. The van der Waals surface area contributed by atoms with Crippen molar-refractivity contribution in [1.82, 2.24) is 15.3 Å². The molecule has 2 amide bonds. The Hall–Kier alpha value is -1.97. The smallest absolute Gasteiger partial charge is 0.423 e. The number of urea groups is 1. The van der Waals surface area contributed by atoms with Gasteiger partial charge in [-0.05, 0) is 19.9 Å². The molecular weight excluding hydrogens is 291 g/mol. The number of aryl methyl sites for hydroxylation is 1. The van der Waals surface area contributed by atoms with Crippen LogP contribution in [0.5, 0.6) is 0 Å². The van der Waals surface area contributed by atoms with E-state index in [1.165, 1.54) is 17.5 Å². The molecule has 0 aliphatic rings. The molecule has 7 nitrogen and oxygen atoms in total. The van der Waals surface area contributed by atoms with E-state index < -0.39 is 7.12 Å². The highest BCUT2D eigenvalue weighted by atomic mass is 32.1. The lowest BCUT2D eigenvalue weighted by atomic mass is 9.78. The molecule has 2 rings (SSSR count). The van der Waals surface area contributed by atoms with Crippen LogP contribution < -0.4 is 16.1 Å². The van der Waals surface area contributed by atoms with Gasteiger partial charge in [-0.25, -0.2) is 14.8 Å². The second-order valence-electron chi connectivity index (χ2n) is 4.31. The SMILES string of the molecule is CCNC(=O)Nc1cc(-c2nc(C)cs2)c(B(O)O)cn1. The van der Waals surface area contributed by atoms with Gasteiger partial charge in [-0.2, -0.15) is 0 Å². The van der Waals surface area contributed by atoms with Crippen LogP contribution >= 0.6 is 11.3 Å². The number of anilines is 1. The Labute approximate surface area is 126 Å². The van der Waals surface area contributed by atoms with E-state index in [1.807, 2.05) is 19.2 Å². The average Bonchev–Trinajstić information content (AvgIpc) is 2.85. The molecule has 0 atom stereocenters. The van der Waals surface area contributed by atoms with Crippen LogP contribution in [-0.2, 0) is 0 Å². The topological polar surface area (TPSA) is 107 Å². The van der Waals surface area contributed by atoms with Gasteiger partial charge in [-0.15, -0.1) is 11.3 Å². The van der Waals surface area contributed by atoms with Gasteiger partial charge < -0.3 is 15.4 Å². The maximum Gasteiger partial charge on any atom is 0.490 e. The number of rotatable bonds is 4. The van der Waals surface area contributed by atoms with Gasteiger partial charge in [0, 0.05) is 34.8 Å². The van der Waals surface area contributed by atoms with Gasteiger partial charge in [0.2, 0.25) is 0 Å². The van der Waals surface area contributed by atoms with Crippen molar-refractivity contribution in [1.29, 1.82) is 0 Å². The Morgan fingerprint density at radius 2 is 2.24 bits per heavy atom. The molecule has 0 aliphatic heterocycles. The monoisotopic (exact) mass is 306 g/mol. The fraction of sp³-hybridized carbons (Fsp3) is 0.250. The molecule has 0 saturated carbocycles. The molecule has 2 aromatic heterocycles. The molecule has 0 aromatic carbocycles. The van der Waals surface area contributed by atoms with Crippen LogP contribution in [0.4, 0.5) is 10.6 Å². The fourth-order valence-electron chi connectivity index (χ4n) is 1.72. The molecule has 0 bridgehead atoms. The molecule has 0 spiro atoms. The summed E-state index contributed by atoms with van der Waals surface area (Å²) in [6.45, 7) is 4.16. The van der Waals surface area contributed by atoms with E-state index in [2.05, 4.69) is 20.6 Å². The predicted molar refractivity (Wildman–Crippen MR) is 82.6 cm³/mol. The molecule has 21 heavy (non-hydrogen) atoms. The second-order valence-corrected chi connectivity index (χ2v) is 5.17. The number of pyridine rings is 1. The Bertz CT molecular complexity index is 647. The predicted octanol–water partition coefficient (Wildman–Crippen LogP) is 0.335. The summed E-state index contributed by atoms with van der Waals surface area (Å²) >= 11 is 1.38. The summed E-state index contributed by atoms with van der Waals surface area (Å²) in [6.07, 6.45) is 1.32. The number of carbonyl (C=O) groups is 1. The Kier molecular flexibility index (Phi) is 4.89. The minimum atomic E-state index is -1.66. The number of amides is 2. The van der Waals surface area contributed by atoms with Crippen molar-refractivity contribution in [3.8, 4) is 10.6 Å². The van der Waals surface area contributed by atoms with Crippen molar-refractivity contribution >= 4 is 35.8 Å². The van der Waals surface area contributed by atoms with Gasteiger partial charge in [0.25, 0.3) is 0 Å². The zero-order valence-corrected chi connectivity index (χ0v) is 12.4. The Balaban J connectivity index is 2.37. The van der Waals surface area contributed by atoms with Gasteiger partial charge >= 0.3 is 13.1 Å². The van der Waals surface area contributed by atoms with Crippen LogP contribution in [0.25, 0.3) is 10.6 Å². The van der Waals surface area contributed by atoms with Crippen LogP contribution in [0.3, 0.4) is 0 Å². The fourth-order valence-corrected chi connectivity index (χ4v) is 2.56. The van der Waals surface area contributed by atoms with Crippen molar-refractivity contribution in [3.05, 3.63) is 23.3 Å². The molecule has 4 N–H and O–H groups in total. The molecule has 110 valence electrons. The van der Waals surface area contributed by atoms with Gasteiger partial charge in [0.1, 0.15) is 10.8 Å². The number of aromatic nitrogens is 2. The average molecular weight is 306 g/mol. The van der Waals surface area contributed by atoms with Crippen molar-refractivity contribution in [2.75, 3.05) is 11.9 Å². The van der Waals surface area contributed by atoms with E-state index in [0.29, 0.717) is 22.9 Å². The maximum atomic E-state index is 11.5. The van der Waals surface area contributed by atoms with Gasteiger partial charge in [0.15, 0.2) is 0 Å². The van der Waals surface area contributed by atoms with Crippen LogP contribution in [0.15, 0.2) is 17.6 Å². The first-order valence-corrected chi connectivity index (χ1v) is 7.22. The highest BCUT2D eigenvalue weighted by Gasteiger charge is 2.20. The van der Waals surface area contributed by atoms with E-state index in [0.717, 1.165) is 5.69 Å². The number of thiazole rings is 1. The van der Waals surface area contributed by atoms with E-state index in [1.54, 1.807) is 6.07 Å². The van der Waals surface area contributed by atoms with Crippen molar-refractivity contribution < 1.29 is 14.8 Å². The first-order chi connectivity index (χ1) is 10.0. The zero-order valence-electron chi connectivity index (χ0n) is 11.6. The van der Waals surface area contributed by atoms with E-state index in [-0.39, 0.29) is 11.5 Å². The minimum absolute atomic E-state index is 0.241. The van der Waals surface area contributed by atoms with Crippen LogP contribution in [0, 0.1) is 6.92 Å². The first-order valence-electron chi connectivity index (χ1n) is 6.34. The van der Waals surface area contributed by atoms with Gasteiger partial charge in [-0.3, -0.25) is 5.32 Å². The summed E-state index contributed by atoms with van der Waals surface area (Å²) in [5, 5.41) is 26.5. The third-order valence-electron chi connectivity index (χ3n) is 2.64. The van der Waals surface area contributed by atoms with Crippen LogP contribution in [0.2, 0.25) is 0 Å². The standard InChI is InChI=1S/C12H15BN4O3S/c1-3-14-12(18)17-10-4-8(9(5-15-10)13(19)20)11-16-7(2)6-21-11/h4-6,19-20H,3H2,1-2H3,(H2,14,15,17,18). The largest absolute Gasteiger partial charge is 0.490 e. The Morgan fingerprint density at radius 3 is 2.81 bits per heavy atom. The number of hydrogen-bond acceptors (Lipinski definition) is 6. The third-order valence-corrected chi connectivity index (χ3v) is 3.63. The summed E-state index contributed by atoms with van der Waals surface area (Å²) in [5.74, 6) is 0.313. The molecule has 2 aromatic rings. The summed E-state index contributed by atoms with van der Waals surface area (Å²) in [5.41, 5.74) is 1.61. The minimum Gasteiger partial charge on any atom is -0.423 e. The molecule has 9 heteroatoms. The first kappa shape index (κ1) is 15.4. The van der Waals surface area contributed by atoms with Crippen LogP contribution in [0.1, 0.15) is 12.6 Å². The van der Waals surface area contributed by atoms with E-state index in [9.17, 15) is 14.8 Å². The normalized spacial score (nSPS) is 10.3. The molecular formula is C12H15BN4O3S. The van der Waals surface area contributed by atoms with Gasteiger partial charge in [-0.1, -0.05) is 0 Å². The van der Waals surface area contributed by atoms with Crippen LogP contribution in [-0.4, -0.2) is 39.7 Å². The molecule has 0 radical (unpaired) electrons. The molecule has 0 saturated heterocycles. The molecule has 0 fully saturated rings.